The molecule has 0 saturated carbocycles. The first-order valence-corrected chi connectivity index (χ1v) is 4.54. The van der Waals surface area contributed by atoms with Gasteiger partial charge in [0.15, 0.2) is 6.10 Å². The van der Waals surface area contributed by atoms with E-state index in [0.29, 0.717) is 16.7 Å². The molecule has 1 aromatic carbocycles. The van der Waals surface area contributed by atoms with E-state index in [0.717, 1.165) is 0 Å². The van der Waals surface area contributed by atoms with E-state index >= 15 is 0 Å². The van der Waals surface area contributed by atoms with Gasteiger partial charge in [-0.3, -0.25) is 0 Å². The van der Waals surface area contributed by atoms with Crippen LogP contribution in [-0.2, 0) is 9.53 Å². The van der Waals surface area contributed by atoms with E-state index < -0.39 is 12.1 Å². The van der Waals surface area contributed by atoms with Gasteiger partial charge in [-0.15, -0.1) is 0 Å². The van der Waals surface area contributed by atoms with Crippen molar-refractivity contribution in [1.82, 2.24) is 0 Å². The van der Waals surface area contributed by atoms with Gasteiger partial charge in [0.1, 0.15) is 5.75 Å². The van der Waals surface area contributed by atoms with Crippen LogP contribution in [0.25, 0.3) is 0 Å². The highest BCUT2D eigenvalue weighted by Gasteiger charge is 2.21. The van der Waals surface area contributed by atoms with Crippen LogP contribution in [0, 0.1) is 13.8 Å². The summed E-state index contributed by atoms with van der Waals surface area (Å²) in [5.74, 6) is -0.559. The number of phenolic OH excluding ortho intramolecular Hbond substituents is 1. The first kappa shape index (κ1) is 11.5. The van der Waals surface area contributed by atoms with E-state index in [9.17, 15) is 15.0 Å². The number of carbonyl (C=O) groups is 1. The second kappa shape index (κ2) is 4.31. The molecule has 82 valence electrons. The Hall–Kier alpha value is -1.55. The molecule has 0 radical (unpaired) electrons. The van der Waals surface area contributed by atoms with Gasteiger partial charge in [-0.25, -0.2) is 4.79 Å². The average Bonchev–Trinajstić information content (AvgIpc) is 2.24. The molecule has 2 N–H and O–H groups in total. The molecule has 0 heterocycles. The van der Waals surface area contributed by atoms with Crippen molar-refractivity contribution in [1.29, 1.82) is 0 Å². The zero-order chi connectivity index (χ0) is 11.6. The van der Waals surface area contributed by atoms with E-state index in [1.807, 2.05) is 0 Å². The highest BCUT2D eigenvalue weighted by atomic mass is 16.5. The zero-order valence-corrected chi connectivity index (χ0v) is 8.94. The molecule has 0 amide bonds. The quantitative estimate of drug-likeness (QED) is 0.720. The first-order chi connectivity index (χ1) is 6.99. The minimum absolute atomic E-state index is 0.147. The molecule has 0 bridgehead atoms. The lowest BCUT2D eigenvalue weighted by Crippen LogP contribution is -2.14. The molecule has 1 unspecified atom stereocenters. The fourth-order valence-electron chi connectivity index (χ4n) is 1.36. The van der Waals surface area contributed by atoms with Crippen LogP contribution < -0.4 is 0 Å². The van der Waals surface area contributed by atoms with Gasteiger partial charge < -0.3 is 14.9 Å². The number of benzene rings is 1. The second-order valence-electron chi connectivity index (χ2n) is 3.35. The molecule has 0 saturated heterocycles. The van der Waals surface area contributed by atoms with Crippen LogP contribution in [0.15, 0.2) is 12.1 Å². The highest BCUT2D eigenvalue weighted by Crippen LogP contribution is 2.27. The number of hydrogen-bond donors (Lipinski definition) is 2. The fraction of sp³-hybridized carbons (Fsp3) is 0.364. The fourth-order valence-corrected chi connectivity index (χ4v) is 1.36. The monoisotopic (exact) mass is 210 g/mol. The number of hydrogen-bond acceptors (Lipinski definition) is 4. The Morgan fingerprint density at radius 3 is 2.47 bits per heavy atom. The third-order valence-corrected chi connectivity index (χ3v) is 2.52. The Morgan fingerprint density at radius 1 is 1.33 bits per heavy atom. The third kappa shape index (κ3) is 2.10. The summed E-state index contributed by atoms with van der Waals surface area (Å²) < 4.78 is 4.44. The Labute approximate surface area is 88.1 Å². The third-order valence-electron chi connectivity index (χ3n) is 2.52. The van der Waals surface area contributed by atoms with Crippen LogP contribution in [0.5, 0.6) is 5.75 Å². The van der Waals surface area contributed by atoms with Gasteiger partial charge in [0, 0.05) is 0 Å². The lowest BCUT2D eigenvalue weighted by molar-refractivity contribution is -0.150. The molecular formula is C11H14O4. The van der Waals surface area contributed by atoms with Crippen LogP contribution >= 0.6 is 0 Å². The highest BCUT2D eigenvalue weighted by molar-refractivity contribution is 5.76. The number of carbonyl (C=O) groups excluding carboxylic acids is 1. The van der Waals surface area contributed by atoms with Gasteiger partial charge in [-0.2, -0.15) is 0 Å². The Morgan fingerprint density at radius 2 is 1.93 bits per heavy atom. The summed E-state index contributed by atoms with van der Waals surface area (Å²) in [4.78, 5) is 11.1. The molecular weight excluding hydrogens is 196 g/mol. The van der Waals surface area contributed by atoms with Gasteiger partial charge in [-0.05, 0) is 36.6 Å². The summed E-state index contributed by atoms with van der Waals surface area (Å²) in [6.07, 6.45) is -1.30. The van der Waals surface area contributed by atoms with Gasteiger partial charge in [0.05, 0.1) is 7.11 Å². The smallest absolute Gasteiger partial charge is 0.339 e. The summed E-state index contributed by atoms with van der Waals surface area (Å²) in [7, 11) is 1.22. The van der Waals surface area contributed by atoms with Crippen molar-refractivity contribution in [3.8, 4) is 5.75 Å². The molecule has 4 heteroatoms. The lowest BCUT2D eigenvalue weighted by atomic mass is 9.98. The van der Waals surface area contributed by atoms with E-state index in [1.165, 1.54) is 19.2 Å². The number of esters is 1. The molecule has 0 aliphatic rings. The van der Waals surface area contributed by atoms with E-state index in [1.54, 1.807) is 13.8 Å². The number of rotatable bonds is 2. The molecule has 0 fully saturated rings. The number of aromatic hydroxyl groups is 1. The molecule has 1 rings (SSSR count). The van der Waals surface area contributed by atoms with Gasteiger partial charge in [0.2, 0.25) is 0 Å². The van der Waals surface area contributed by atoms with Crippen molar-refractivity contribution in [2.45, 2.75) is 20.0 Å². The van der Waals surface area contributed by atoms with Gasteiger partial charge in [-0.1, -0.05) is 6.07 Å². The van der Waals surface area contributed by atoms with Crippen molar-refractivity contribution in [2.24, 2.45) is 0 Å². The van der Waals surface area contributed by atoms with Crippen LogP contribution in [-0.4, -0.2) is 23.3 Å². The summed E-state index contributed by atoms with van der Waals surface area (Å²) in [5.41, 5.74) is 1.79. The maximum absolute atomic E-state index is 11.1. The van der Waals surface area contributed by atoms with E-state index in [-0.39, 0.29) is 5.75 Å². The second-order valence-corrected chi connectivity index (χ2v) is 3.35. The number of aliphatic hydroxyl groups excluding tert-OH is 1. The summed E-state index contributed by atoms with van der Waals surface area (Å²) >= 11 is 0. The van der Waals surface area contributed by atoms with Crippen molar-refractivity contribution in [3.63, 3.8) is 0 Å². The number of methoxy groups -OCH3 is 1. The largest absolute Gasteiger partial charge is 0.508 e. The molecule has 15 heavy (non-hydrogen) atoms. The number of ether oxygens (including phenoxy) is 1. The van der Waals surface area contributed by atoms with Gasteiger partial charge >= 0.3 is 5.97 Å². The Kier molecular flexibility index (Phi) is 3.31. The van der Waals surface area contributed by atoms with Crippen molar-refractivity contribution < 1.29 is 19.7 Å². The first-order valence-electron chi connectivity index (χ1n) is 4.54. The standard InChI is InChI=1S/C11H14O4/c1-6-7(2)9(12)5-4-8(6)10(13)11(14)15-3/h4-5,10,12-13H,1-3H3. The minimum Gasteiger partial charge on any atom is -0.508 e. The topological polar surface area (TPSA) is 66.8 Å². The van der Waals surface area contributed by atoms with Crippen LogP contribution in [0.4, 0.5) is 0 Å². The van der Waals surface area contributed by atoms with Gasteiger partial charge in [0.25, 0.3) is 0 Å². The zero-order valence-electron chi connectivity index (χ0n) is 8.94. The minimum atomic E-state index is -1.30. The number of aliphatic hydroxyl groups is 1. The van der Waals surface area contributed by atoms with Crippen LogP contribution in [0.2, 0.25) is 0 Å². The summed E-state index contributed by atoms with van der Waals surface area (Å²) in [6, 6.07) is 2.96. The maximum Gasteiger partial charge on any atom is 0.339 e. The predicted octanol–water partition coefficient (Wildman–Crippen LogP) is 1.22. The molecule has 0 aliphatic carbocycles. The van der Waals surface area contributed by atoms with Crippen molar-refractivity contribution in [3.05, 3.63) is 28.8 Å². The average molecular weight is 210 g/mol. The normalized spacial score (nSPS) is 12.3. The van der Waals surface area contributed by atoms with Crippen molar-refractivity contribution in [2.75, 3.05) is 7.11 Å². The lowest BCUT2D eigenvalue weighted by Gasteiger charge is -2.14. The van der Waals surface area contributed by atoms with E-state index in [2.05, 4.69) is 4.74 Å². The van der Waals surface area contributed by atoms with E-state index in [4.69, 9.17) is 0 Å². The Balaban J connectivity index is 3.16. The Bertz CT molecular complexity index is 384. The van der Waals surface area contributed by atoms with Crippen LogP contribution in [0.3, 0.4) is 0 Å². The predicted molar refractivity (Wildman–Crippen MR) is 54.6 cm³/mol. The molecule has 1 atom stereocenters. The SMILES string of the molecule is COC(=O)C(O)c1ccc(O)c(C)c1C. The molecule has 0 spiro atoms. The summed E-state index contributed by atoms with van der Waals surface area (Å²) in [5, 5.41) is 19.0. The van der Waals surface area contributed by atoms with Crippen LogP contribution in [0.1, 0.15) is 22.8 Å². The number of phenols is 1. The molecule has 1 aromatic rings. The molecule has 0 aliphatic heterocycles. The maximum atomic E-state index is 11.1. The van der Waals surface area contributed by atoms with Crippen molar-refractivity contribution >= 4 is 5.97 Å². The molecule has 0 aromatic heterocycles. The molecule has 4 nitrogen and oxygen atoms in total. The summed E-state index contributed by atoms with van der Waals surface area (Å²) in [6.45, 7) is 3.45.